The maximum Gasteiger partial charge on any atom is 0.191 e. The lowest BCUT2D eigenvalue weighted by molar-refractivity contribution is 0.195. The third-order valence-electron chi connectivity index (χ3n) is 4.44. The maximum absolute atomic E-state index is 6.25. The quantitative estimate of drug-likeness (QED) is 0.226. The highest BCUT2D eigenvalue weighted by atomic mass is 127. The number of rotatable bonds is 10. The fourth-order valence-corrected chi connectivity index (χ4v) is 3.02. The number of halogens is 1. The summed E-state index contributed by atoms with van der Waals surface area (Å²) in [5.41, 5.74) is 1.08. The Balaban J connectivity index is 0.00000364. The molecule has 0 radical (unpaired) electrons. The summed E-state index contributed by atoms with van der Waals surface area (Å²) in [6.07, 6.45) is 6.01. The van der Waals surface area contributed by atoms with E-state index in [1.165, 1.54) is 12.8 Å². The molecule has 0 atom stereocenters. The molecule has 6 nitrogen and oxygen atoms in total. The third kappa shape index (κ3) is 8.55. The molecule has 1 aliphatic rings. The predicted molar refractivity (Wildman–Crippen MR) is 121 cm³/mol. The molecule has 1 aromatic carbocycles. The zero-order valence-corrected chi connectivity index (χ0v) is 19.1. The van der Waals surface area contributed by atoms with E-state index in [0.717, 1.165) is 62.0 Å². The normalized spacial score (nSPS) is 14.6. The van der Waals surface area contributed by atoms with Crippen LogP contribution in [0.1, 0.15) is 44.6 Å². The van der Waals surface area contributed by atoms with Crippen LogP contribution in [0, 0.1) is 0 Å². The fourth-order valence-electron chi connectivity index (χ4n) is 3.02. The molecule has 0 amide bonds. The Kier molecular flexibility index (Phi) is 12.2. The molecule has 0 heterocycles. The average Bonchev–Trinajstić information content (AvgIpc) is 3.17. The zero-order valence-electron chi connectivity index (χ0n) is 16.8. The van der Waals surface area contributed by atoms with Gasteiger partial charge in [-0.15, -0.1) is 24.0 Å². The van der Waals surface area contributed by atoms with E-state index in [1.54, 1.807) is 14.2 Å². The highest BCUT2D eigenvalue weighted by Gasteiger charge is 2.18. The van der Waals surface area contributed by atoms with Gasteiger partial charge >= 0.3 is 0 Å². The minimum absolute atomic E-state index is 0. The van der Waals surface area contributed by atoms with Crippen molar-refractivity contribution in [2.45, 2.75) is 51.7 Å². The molecule has 1 saturated carbocycles. The lowest BCUT2D eigenvalue weighted by Gasteiger charge is -2.17. The van der Waals surface area contributed by atoms with Crippen molar-refractivity contribution in [2.75, 3.05) is 33.9 Å². The number of nitrogens with zero attached hydrogens (tertiary/aromatic N) is 1. The third-order valence-corrected chi connectivity index (χ3v) is 4.44. The van der Waals surface area contributed by atoms with Crippen LogP contribution in [-0.4, -0.2) is 46.0 Å². The molecule has 27 heavy (non-hydrogen) atoms. The van der Waals surface area contributed by atoms with Gasteiger partial charge in [0.2, 0.25) is 0 Å². The molecular formula is C20H34IN3O3. The highest BCUT2D eigenvalue weighted by molar-refractivity contribution is 14.0. The van der Waals surface area contributed by atoms with Crippen molar-refractivity contribution in [1.29, 1.82) is 0 Å². The number of hydrogen-bond acceptors (Lipinski definition) is 4. The second-order valence-electron chi connectivity index (χ2n) is 6.47. The predicted octanol–water partition coefficient (Wildman–Crippen LogP) is 3.73. The first-order chi connectivity index (χ1) is 12.8. The Morgan fingerprint density at radius 3 is 2.63 bits per heavy atom. The molecule has 0 bridgehead atoms. The molecule has 1 aromatic rings. The minimum Gasteiger partial charge on any atom is -0.497 e. The molecule has 7 heteroatoms. The summed E-state index contributed by atoms with van der Waals surface area (Å²) in [6, 6.07) is 5.98. The number of nitrogens with one attached hydrogen (secondary N) is 2. The van der Waals surface area contributed by atoms with Crippen molar-refractivity contribution >= 4 is 29.9 Å². The van der Waals surface area contributed by atoms with Crippen LogP contribution in [0.3, 0.4) is 0 Å². The van der Waals surface area contributed by atoms with E-state index >= 15 is 0 Å². The average molecular weight is 491 g/mol. The lowest BCUT2D eigenvalue weighted by atomic mass is 10.2. The number of benzene rings is 1. The van der Waals surface area contributed by atoms with Gasteiger partial charge in [0.25, 0.3) is 0 Å². The van der Waals surface area contributed by atoms with Gasteiger partial charge in [-0.05, 0) is 51.2 Å². The van der Waals surface area contributed by atoms with Crippen molar-refractivity contribution in [3.8, 4) is 11.5 Å². The van der Waals surface area contributed by atoms with E-state index in [-0.39, 0.29) is 24.0 Å². The molecule has 0 spiro atoms. The molecule has 154 valence electrons. The van der Waals surface area contributed by atoms with Gasteiger partial charge in [0.1, 0.15) is 11.5 Å². The van der Waals surface area contributed by atoms with E-state index in [4.69, 9.17) is 19.2 Å². The van der Waals surface area contributed by atoms with Gasteiger partial charge < -0.3 is 24.8 Å². The Bertz CT molecular complexity index is 563. The molecule has 2 N–H and O–H groups in total. The Hall–Kier alpha value is -1.22. The van der Waals surface area contributed by atoms with E-state index in [2.05, 4.69) is 17.6 Å². The summed E-state index contributed by atoms with van der Waals surface area (Å²) in [6.45, 7) is 5.02. The van der Waals surface area contributed by atoms with Gasteiger partial charge in [-0.1, -0.05) is 0 Å². The standard InChI is InChI=1S/C20H33N3O3.HI/c1-4-21-20(22-12-7-13-24-2)23-15-16-10-11-18(25-3)14-19(16)26-17-8-5-6-9-17;/h10-11,14,17H,4-9,12-13,15H2,1-3H3,(H2,21,22,23);1H. The summed E-state index contributed by atoms with van der Waals surface area (Å²) in [5.74, 6) is 2.51. The smallest absolute Gasteiger partial charge is 0.191 e. The molecule has 0 aromatic heterocycles. The minimum atomic E-state index is 0. The van der Waals surface area contributed by atoms with Crippen molar-refractivity contribution < 1.29 is 14.2 Å². The van der Waals surface area contributed by atoms with Crippen LogP contribution >= 0.6 is 24.0 Å². The molecule has 0 saturated heterocycles. The van der Waals surface area contributed by atoms with Crippen molar-refractivity contribution in [2.24, 2.45) is 4.99 Å². The summed E-state index contributed by atoms with van der Waals surface area (Å²) in [5, 5.41) is 6.61. The molecule has 0 aliphatic heterocycles. The summed E-state index contributed by atoms with van der Waals surface area (Å²) in [7, 11) is 3.40. The Morgan fingerprint density at radius 1 is 1.19 bits per heavy atom. The first-order valence-electron chi connectivity index (χ1n) is 9.61. The monoisotopic (exact) mass is 491 g/mol. The zero-order chi connectivity index (χ0) is 18.6. The molecule has 2 rings (SSSR count). The maximum atomic E-state index is 6.25. The molecule has 1 aliphatic carbocycles. The van der Waals surface area contributed by atoms with Crippen molar-refractivity contribution in [3.05, 3.63) is 23.8 Å². The van der Waals surface area contributed by atoms with Crippen molar-refractivity contribution in [1.82, 2.24) is 10.6 Å². The first-order valence-corrected chi connectivity index (χ1v) is 9.61. The van der Waals surface area contributed by atoms with Crippen LogP contribution in [0.2, 0.25) is 0 Å². The van der Waals surface area contributed by atoms with Crippen LogP contribution in [0.4, 0.5) is 0 Å². The van der Waals surface area contributed by atoms with Crippen molar-refractivity contribution in [3.63, 3.8) is 0 Å². The van der Waals surface area contributed by atoms with Gasteiger partial charge in [0, 0.05) is 38.4 Å². The topological polar surface area (TPSA) is 64.1 Å². The lowest BCUT2D eigenvalue weighted by Crippen LogP contribution is -2.38. The first kappa shape index (κ1) is 23.8. The van der Waals surface area contributed by atoms with Crippen LogP contribution in [0.5, 0.6) is 11.5 Å². The van der Waals surface area contributed by atoms with Gasteiger partial charge in [-0.25, -0.2) is 4.99 Å². The number of methoxy groups -OCH3 is 2. The number of ether oxygens (including phenoxy) is 3. The number of aliphatic imine (C=N–C) groups is 1. The number of guanidine groups is 1. The Morgan fingerprint density at radius 2 is 1.96 bits per heavy atom. The molecule has 0 unspecified atom stereocenters. The van der Waals surface area contributed by atoms with Crippen LogP contribution in [0.15, 0.2) is 23.2 Å². The summed E-state index contributed by atoms with van der Waals surface area (Å²) in [4.78, 5) is 4.70. The summed E-state index contributed by atoms with van der Waals surface area (Å²) < 4.78 is 16.7. The van der Waals surface area contributed by atoms with E-state index in [9.17, 15) is 0 Å². The van der Waals surface area contributed by atoms with Crippen LogP contribution in [0.25, 0.3) is 0 Å². The van der Waals surface area contributed by atoms with E-state index in [1.807, 2.05) is 18.2 Å². The second kappa shape index (κ2) is 13.9. The largest absolute Gasteiger partial charge is 0.497 e. The number of hydrogen-bond donors (Lipinski definition) is 2. The SMILES string of the molecule is CCNC(=NCc1ccc(OC)cc1OC1CCCC1)NCCCOC.I. The van der Waals surface area contributed by atoms with Crippen LogP contribution < -0.4 is 20.1 Å². The van der Waals surface area contributed by atoms with Crippen LogP contribution in [-0.2, 0) is 11.3 Å². The molecular weight excluding hydrogens is 457 g/mol. The van der Waals surface area contributed by atoms with E-state index in [0.29, 0.717) is 12.6 Å². The van der Waals surface area contributed by atoms with Gasteiger partial charge in [0.15, 0.2) is 5.96 Å². The fraction of sp³-hybridized carbons (Fsp3) is 0.650. The van der Waals surface area contributed by atoms with Gasteiger partial charge in [0.05, 0.1) is 19.8 Å². The second-order valence-corrected chi connectivity index (χ2v) is 6.47. The summed E-state index contributed by atoms with van der Waals surface area (Å²) >= 11 is 0. The van der Waals surface area contributed by atoms with Gasteiger partial charge in [-0.3, -0.25) is 0 Å². The van der Waals surface area contributed by atoms with Gasteiger partial charge in [-0.2, -0.15) is 0 Å². The van der Waals surface area contributed by atoms with E-state index < -0.39 is 0 Å². The highest BCUT2D eigenvalue weighted by Crippen LogP contribution is 2.30. The molecule has 1 fully saturated rings. The Labute approximate surface area is 180 Å².